The van der Waals surface area contributed by atoms with E-state index in [0.717, 1.165) is 12.8 Å². The first-order chi connectivity index (χ1) is 4.34. The van der Waals surface area contributed by atoms with Gasteiger partial charge in [-0.2, -0.15) is 0 Å². The number of nitrogens with one attached hydrogen (secondary N) is 1. The maximum Gasteiger partial charge on any atom is 0.223 e. The second-order valence-corrected chi connectivity index (χ2v) is 2.52. The molecule has 1 aliphatic carbocycles. The Morgan fingerprint density at radius 1 is 1.44 bits per heavy atom. The Morgan fingerprint density at radius 2 is 2.00 bits per heavy atom. The number of rotatable bonds is 1. The average Bonchev–Trinajstić information content (AvgIpc) is 2.37. The first-order valence-electron chi connectivity index (χ1n) is 3.41. The van der Waals surface area contributed by atoms with Crippen molar-refractivity contribution in [3.8, 4) is 0 Å². The molecule has 1 saturated carbocycles. The van der Waals surface area contributed by atoms with Crippen molar-refractivity contribution in [2.24, 2.45) is 5.92 Å². The third kappa shape index (κ3) is 1.44. The molecule has 1 radical (unpaired) electrons. The second-order valence-electron chi connectivity index (χ2n) is 2.52. The quantitative estimate of drug-likeness (QED) is 0.559. The molecule has 0 heterocycles. The molecule has 0 aromatic rings. The highest BCUT2D eigenvalue weighted by atomic mass is 16.1. The molecule has 1 N–H and O–H groups in total. The summed E-state index contributed by atoms with van der Waals surface area (Å²) in [6.07, 6.45) is 4.53. The summed E-state index contributed by atoms with van der Waals surface area (Å²) in [5, 5.41) is 2.42. The minimum Gasteiger partial charge on any atom is -0.354 e. The van der Waals surface area contributed by atoms with Crippen LogP contribution in [-0.4, -0.2) is 5.91 Å². The van der Waals surface area contributed by atoms with E-state index in [-0.39, 0.29) is 11.8 Å². The molecule has 1 fully saturated rings. The van der Waals surface area contributed by atoms with E-state index in [4.69, 9.17) is 0 Å². The molecule has 0 aliphatic heterocycles. The van der Waals surface area contributed by atoms with Crippen LogP contribution >= 0.6 is 0 Å². The lowest BCUT2D eigenvalue weighted by atomic mass is 10.1. The Balaban J connectivity index is 2.32. The molecule has 1 aliphatic rings. The molecule has 0 atom stereocenters. The summed E-state index contributed by atoms with van der Waals surface area (Å²) in [5.41, 5.74) is 0. The predicted molar refractivity (Wildman–Crippen MR) is 35.5 cm³/mol. The van der Waals surface area contributed by atoms with Crippen LogP contribution in [0.1, 0.15) is 25.7 Å². The van der Waals surface area contributed by atoms with E-state index in [1.54, 1.807) is 0 Å². The topological polar surface area (TPSA) is 29.1 Å². The predicted octanol–water partition coefficient (Wildman–Crippen LogP) is 1.08. The molecule has 2 nitrogen and oxygen atoms in total. The van der Waals surface area contributed by atoms with Gasteiger partial charge >= 0.3 is 0 Å². The monoisotopic (exact) mass is 126 g/mol. The molecule has 1 rings (SSSR count). The van der Waals surface area contributed by atoms with Crippen LogP contribution in [0.2, 0.25) is 0 Å². The average molecular weight is 126 g/mol. The third-order valence-corrected chi connectivity index (χ3v) is 1.90. The first kappa shape index (κ1) is 6.59. The fraction of sp³-hybridized carbons (Fsp3) is 0.714. The van der Waals surface area contributed by atoms with Crippen molar-refractivity contribution in [1.29, 1.82) is 0 Å². The van der Waals surface area contributed by atoms with Crippen molar-refractivity contribution in [2.45, 2.75) is 25.7 Å². The smallest absolute Gasteiger partial charge is 0.223 e. The molecule has 2 heteroatoms. The Hall–Kier alpha value is -0.530. The number of hydrogen-bond acceptors (Lipinski definition) is 1. The first-order valence-corrected chi connectivity index (χ1v) is 3.41. The van der Waals surface area contributed by atoms with Gasteiger partial charge in [-0.1, -0.05) is 12.8 Å². The van der Waals surface area contributed by atoms with Gasteiger partial charge in [-0.25, -0.2) is 0 Å². The van der Waals surface area contributed by atoms with E-state index in [2.05, 4.69) is 12.4 Å². The molecule has 51 valence electrons. The SMILES string of the molecule is [CH2]NC(=O)C1CCCC1. The zero-order valence-electron chi connectivity index (χ0n) is 5.52. The molecule has 0 aromatic carbocycles. The van der Waals surface area contributed by atoms with Gasteiger partial charge in [-0.3, -0.25) is 4.79 Å². The molecule has 0 bridgehead atoms. The van der Waals surface area contributed by atoms with Gasteiger partial charge in [0.1, 0.15) is 0 Å². The van der Waals surface area contributed by atoms with Crippen molar-refractivity contribution >= 4 is 5.91 Å². The van der Waals surface area contributed by atoms with Gasteiger partial charge in [-0.15, -0.1) is 0 Å². The third-order valence-electron chi connectivity index (χ3n) is 1.90. The maximum absolute atomic E-state index is 10.8. The van der Waals surface area contributed by atoms with Gasteiger partial charge < -0.3 is 5.32 Å². The van der Waals surface area contributed by atoms with Crippen LogP contribution in [0.25, 0.3) is 0 Å². The molecular formula is C7H12NO. The van der Waals surface area contributed by atoms with Crippen LogP contribution in [0.4, 0.5) is 0 Å². The highest BCUT2D eigenvalue weighted by Gasteiger charge is 2.20. The lowest BCUT2D eigenvalue weighted by molar-refractivity contribution is -0.123. The second kappa shape index (κ2) is 2.85. The van der Waals surface area contributed by atoms with Crippen molar-refractivity contribution in [1.82, 2.24) is 5.32 Å². The minimum absolute atomic E-state index is 0.118. The number of carbonyl (C=O) groups excluding carboxylic acids is 1. The zero-order chi connectivity index (χ0) is 6.69. The van der Waals surface area contributed by atoms with Crippen LogP contribution in [0, 0.1) is 13.0 Å². The van der Waals surface area contributed by atoms with E-state index < -0.39 is 0 Å². The van der Waals surface area contributed by atoms with E-state index in [1.807, 2.05) is 0 Å². The Morgan fingerprint density at radius 3 is 2.44 bits per heavy atom. The van der Waals surface area contributed by atoms with Gasteiger partial charge in [0.2, 0.25) is 5.91 Å². The summed E-state index contributed by atoms with van der Waals surface area (Å²) in [5.74, 6) is 0.384. The minimum atomic E-state index is 0.118. The van der Waals surface area contributed by atoms with E-state index in [1.165, 1.54) is 12.8 Å². The molecule has 9 heavy (non-hydrogen) atoms. The van der Waals surface area contributed by atoms with Gasteiger partial charge in [-0.05, 0) is 12.8 Å². The Labute approximate surface area is 55.6 Å². The van der Waals surface area contributed by atoms with E-state index >= 15 is 0 Å². The summed E-state index contributed by atoms with van der Waals surface area (Å²) >= 11 is 0. The summed E-state index contributed by atoms with van der Waals surface area (Å²) in [4.78, 5) is 10.8. The van der Waals surface area contributed by atoms with Crippen molar-refractivity contribution in [3.05, 3.63) is 7.05 Å². The molecule has 0 unspecified atom stereocenters. The summed E-state index contributed by atoms with van der Waals surface area (Å²) < 4.78 is 0. The van der Waals surface area contributed by atoms with Crippen LogP contribution in [0.5, 0.6) is 0 Å². The number of carbonyl (C=O) groups is 1. The van der Waals surface area contributed by atoms with Crippen molar-refractivity contribution in [2.75, 3.05) is 0 Å². The maximum atomic E-state index is 10.8. The molecular weight excluding hydrogens is 114 g/mol. The largest absolute Gasteiger partial charge is 0.354 e. The van der Waals surface area contributed by atoms with Gasteiger partial charge in [0.25, 0.3) is 0 Å². The summed E-state index contributed by atoms with van der Waals surface area (Å²) in [6.45, 7) is 0. The molecule has 1 amide bonds. The Bertz CT molecular complexity index is 105. The van der Waals surface area contributed by atoms with Gasteiger partial charge in [0, 0.05) is 13.0 Å². The summed E-state index contributed by atoms with van der Waals surface area (Å²) in [6, 6.07) is 0. The lowest BCUT2D eigenvalue weighted by Gasteiger charge is -2.04. The lowest BCUT2D eigenvalue weighted by Crippen LogP contribution is -2.23. The summed E-state index contributed by atoms with van der Waals surface area (Å²) in [7, 11) is 3.33. The standard InChI is InChI=1S/C7H12NO/c1-8-7(9)6-4-2-3-5-6/h6H,1-5H2,(H,8,9). The molecule has 0 aromatic heterocycles. The van der Waals surface area contributed by atoms with Crippen molar-refractivity contribution in [3.63, 3.8) is 0 Å². The van der Waals surface area contributed by atoms with Crippen LogP contribution in [0.15, 0.2) is 0 Å². The number of hydrogen-bond donors (Lipinski definition) is 1. The molecule has 0 spiro atoms. The zero-order valence-corrected chi connectivity index (χ0v) is 5.52. The van der Waals surface area contributed by atoms with E-state index in [0.29, 0.717) is 0 Å². The highest BCUT2D eigenvalue weighted by molar-refractivity contribution is 5.78. The fourth-order valence-corrected chi connectivity index (χ4v) is 1.33. The van der Waals surface area contributed by atoms with Crippen LogP contribution in [0.3, 0.4) is 0 Å². The van der Waals surface area contributed by atoms with Crippen LogP contribution in [-0.2, 0) is 4.79 Å². The van der Waals surface area contributed by atoms with Crippen LogP contribution < -0.4 is 5.32 Å². The fourth-order valence-electron chi connectivity index (χ4n) is 1.33. The molecule has 0 saturated heterocycles. The highest BCUT2D eigenvalue weighted by Crippen LogP contribution is 2.24. The van der Waals surface area contributed by atoms with Gasteiger partial charge in [0.05, 0.1) is 0 Å². The van der Waals surface area contributed by atoms with E-state index in [9.17, 15) is 4.79 Å². The number of amides is 1. The van der Waals surface area contributed by atoms with Gasteiger partial charge in [0.15, 0.2) is 0 Å². The normalized spacial score (nSPS) is 20.1. The Kier molecular flexibility index (Phi) is 2.09. The van der Waals surface area contributed by atoms with Crippen molar-refractivity contribution < 1.29 is 4.79 Å².